The number of carbonyl (C=O) groups excluding carboxylic acids is 1. The van der Waals surface area contributed by atoms with E-state index in [9.17, 15) is 9.59 Å². The zero-order valence-corrected chi connectivity index (χ0v) is 17.2. The number of amides is 1. The number of hydrogen-bond acceptors (Lipinski definition) is 3. The van der Waals surface area contributed by atoms with Crippen LogP contribution in [0.2, 0.25) is 0 Å². The number of rotatable bonds is 2. The monoisotopic (exact) mass is 418 g/mol. The highest BCUT2D eigenvalue weighted by atomic mass is 16.4. The Kier molecular flexibility index (Phi) is 6.33. The molecule has 4 N–H and O–H groups in total. The van der Waals surface area contributed by atoms with E-state index in [2.05, 4.69) is 15.3 Å². The fourth-order valence-electron chi connectivity index (χ4n) is 3.25. The van der Waals surface area contributed by atoms with Crippen LogP contribution in [0.15, 0.2) is 60.9 Å². The number of nitrogens with zero attached hydrogens (tertiary/aromatic N) is 1. The Hall–Kier alpha value is -3.58. The number of carbonyl (C=O) groups is 2. The van der Waals surface area contributed by atoms with Gasteiger partial charge in [-0.25, -0.2) is 4.79 Å². The van der Waals surface area contributed by atoms with E-state index in [1.54, 1.807) is 24.4 Å². The first-order chi connectivity index (χ1) is 15.1. The summed E-state index contributed by atoms with van der Waals surface area (Å²) in [5.41, 5.74) is 3.15. The first-order valence-corrected chi connectivity index (χ1v) is 10.5. The summed E-state index contributed by atoms with van der Waals surface area (Å²) in [7, 11) is 0. The standard InChI is InChI=1S/C12H12N2O.C9H7NO2.C3H7N/c15-12(14-6-1-7-14)10-2-3-11-9(8-10)4-5-13-11;11-9(12)7-1-2-8-6(5-7)3-4-10-8;1-2-4-3-1/h2-5,8,13H,1,6-7H2;1-5,10H,(H,11,12);4H,1-3H2. The summed E-state index contributed by atoms with van der Waals surface area (Å²) in [6.07, 6.45) is 6.21. The second-order valence-corrected chi connectivity index (χ2v) is 7.61. The van der Waals surface area contributed by atoms with Crippen LogP contribution in [-0.4, -0.2) is 58.0 Å². The lowest BCUT2D eigenvalue weighted by molar-refractivity contribution is 0.0650. The molecule has 1 amide bonds. The number of aromatic amines is 2. The number of carboxylic acid groups (broad SMARTS) is 1. The molecule has 0 unspecified atom stereocenters. The van der Waals surface area contributed by atoms with Crippen molar-refractivity contribution in [1.82, 2.24) is 20.2 Å². The molecule has 2 saturated heterocycles. The lowest BCUT2D eigenvalue weighted by Gasteiger charge is -2.30. The molecule has 6 rings (SSSR count). The van der Waals surface area contributed by atoms with Gasteiger partial charge in [0.15, 0.2) is 0 Å². The van der Waals surface area contributed by atoms with E-state index in [0.717, 1.165) is 46.9 Å². The maximum Gasteiger partial charge on any atom is 0.335 e. The van der Waals surface area contributed by atoms with Crippen molar-refractivity contribution in [2.75, 3.05) is 26.2 Å². The molecule has 0 bridgehead atoms. The van der Waals surface area contributed by atoms with E-state index in [1.165, 1.54) is 19.5 Å². The summed E-state index contributed by atoms with van der Waals surface area (Å²) < 4.78 is 0. The van der Waals surface area contributed by atoms with Crippen molar-refractivity contribution < 1.29 is 14.7 Å². The predicted octanol–water partition coefficient (Wildman–Crippen LogP) is 3.86. The topological polar surface area (TPSA) is 101 Å². The number of H-pyrrole nitrogens is 2. The highest BCUT2D eigenvalue weighted by Crippen LogP contribution is 2.18. The van der Waals surface area contributed by atoms with E-state index >= 15 is 0 Å². The van der Waals surface area contributed by atoms with Crippen LogP contribution >= 0.6 is 0 Å². The summed E-state index contributed by atoms with van der Waals surface area (Å²) in [4.78, 5) is 30.5. The largest absolute Gasteiger partial charge is 0.478 e. The quantitative estimate of drug-likeness (QED) is 0.397. The van der Waals surface area contributed by atoms with E-state index in [-0.39, 0.29) is 5.91 Å². The van der Waals surface area contributed by atoms with Crippen molar-refractivity contribution in [3.8, 4) is 0 Å². The van der Waals surface area contributed by atoms with Gasteiger partial charge in [-0.05, 0) is 74.5 Å². The SMILES string of the molecule is C1CNC1.O=C(O)c1ccc2[nH]ccc2c1.O=C(c1ccc2[nH]ccc2c1)N1CCC1. The van der Waals surface area contributed by atoms with Gasteiger partial charge >= 0.3 is 5.97 Å². The Balaban J connectivity index is 0.000000129. The average molecular weight is 418 g/mol. The number of likely N-dealkylation sites (tertiary alicyclic amines) is 1. The minimum absolute atomic E-state index is 0.157. The van der Waals surface area contributed by atoms with Crippen LogP contribution in [0.1, 0.15) is 33.6 Å². The molecule has 31 heavy (non-hydrogen) atoms. The smallest absolute Gasteiger partial charge is 0.335 e. The number of aromatic carboxylic acids is 1. The molecule has 0 aliphatic carbocycles. The van der Waals surface area contributed by atoms with Crippen molar-refractivity contribution in [3.05, 3.63) is 72.1 Å². The molecule has 0 radical (unpaired) electrons. The van der Waals surface area contributed by atoms with Crippen molar-refractivity contribution in [1.29, 1.82) is 0 Å². The van der Waals surface area contributed by atoms with Crippen LogP contribution in [0.3, 0.4) is 0 Å². The van der Waals surface area contributed by atoms with Crippen LogP contribution in [0.4, 0.5) is 0 Å². The minimum Gasteiger partial charge on any atom is -0.478 e. The number of fused-ring (bicyclic) bond motifs is 2. The van der Waals surface area contributed by atoms with Gasteiger partial charge in [-0.15, -0.1) is 0 Å². The Labute approximate surface area is 180 Å². The van der Waals surface area contributed by atoms with Gasteiger partial charge in [-0.1, -0.05) is 0 Å². The second-order valence-electron chi connectivity index (χ2n) is 7.61. The molecule has 0 saturated carbocycles. The van der Waals surface area contributed by atoms with Crippen molar-refractivity contribution in [2.24, 2.45) is 0 Å². The first kappa shape index (κ1) is 20.7. The molecular weight excluding hydrogens is 392 g/mol. The second kappa shape index (κ2) is 9.49. The Morgan fingerprint density at radius 2 is 1.29 bits per heavy atom. The maximum absolute atomic E-state index is 11.9. The van der Waals surface area contributed by atoms with Crippen LogP contribution in [0, 0.1) is 0 Å². The molecule has 2 fully saturated rings. The molecule has 2 aliphatic heterocycles. The van der Waals surface area contributed by atoms with Crippen molar-refractivity contribution in [2.45, 2.75) is 12.8 Å². The third kappa shape index (κ3) is 4.95. The summed E-state index contributed by atoms with van der Waals surface area (Å²) in [6, 6.07) is 14.6. The summed E-state index contributed by atoms with van der Waals surface area (Å²) in [6.45, 7) is 4.31. The van der Waals surface area contributed by atoms with Gasteiger partial charge in [-0.2, -0.15) is 0 Å². The summed E-state index contributed by atoms with van der Waals surface area (Å²) in [5.74, 6) is -0.734. The molecule has 0 spiro atoms. The summed E-state index contributed by atoms with van der Waals surface area (Å²) >= 11 is 0. The van der Waals surface area contributed by atoms with Crippen LogP contribution in [0.5, 0.6) is 0 Å². The molecular formula is C24H26N4O3. The molecule has 160 valence electrons. The Bertz CT molecular complexity index is 1180. The number of aromatic nitrogens is 2. The zero-order chi connectivity index (χ0) is 21.6. The molecule has 7 heteroatoms. The van der Waals surface area contributed by atoms with Crippen molar-refractivity contribution >= 4 is 33.7 Å². The van der Waals surface area contributed by atoms with Gasteiger partial charge < -0.3 is 25.3 Å². The maximum atomic E-state index is 11.9. The third-order valence-corrected chi connectivity index (χ3v) is 5.45. The van der Waals surface area contributed by atoms with Gasteiger partial charge in [-0.3, -0.25) is 4.79 Å². The van der Waals surface area contributed by atoms with Crippen molar-refractivity contribution in [3.63, 3.8) is 0 Å². The van der Waals surface area contributed by atoms with Gasteiger partial charge in [0.25, 0.3) is 5.91 Å². The molecule has 2 aromatic carbocycles. The van der Waals surface area contributed by atoms with E-state index in [4.69, 9.17) is 5.11 Å². The third-order valence-electron chi connectivity index (χ3n) is 5.45. The number of benzene rings is 2. The van der Waals surface area contributed by atoms with Crippen LogP contribution in [-0.2, 0) is 0 Å². The Morgan fingerprint density at radius 1 is 0.774 bits per heavy atom. The number of hydrogen-bond donors (Lipinski definition) is 4. The highest BCUT2D eigenvalue weighted by molar-refractivity contribution is 5.98. The number of nitrogens with one attached hydrogen (secondary N) is 3. The molecule has 4 heterocycles. The van der Waals surface area contributed by atoms with Gasteiger partial charge in [0.2, 0.25) is 0 Å². The molecule has 7 nitrogen and oxygen atoms in total. The molecule has 2 aromatic heterocycles. The van der Waals surface area contributed by atoms with Gasteiger partial charge in [0.05, 0.1) is 5.56 Å². The van der Waals surface area contributed by atoms with Crippen LogP contribution in [0.25, 0.3) is 21.8 Å². The van der Waals surface area contributed by atoms with Crippen LogP contribution < -0.4 is 5.32 Å². The van der Waals surface area contributed by atoms with E-state index < -0.39 is 5.97 Å². The lowest BCUT2D eigenvalue weighted by atomic mass is 10.1. The molecule has 2 aliphatic rings. The fraction of sp³-hybridized carbons (Fsp3) is 0.250. The van der Waals surface area contributed by atoms with E-state index in [0.29, 0.717) is 5.56 Å². The Morgan fingerprint density at radius 3 is 1.74 bits per heavy atom. The lowest BCUT2D eigenvalue weighted by Crippen LogP contribution is -2.41. The molecule has 4 aromatic rings. The number of carboxylic acids is 1. The van der Waals surface area contributed by atoms with Gasteiger partial charge in [0.1, 0.15) is 0 Å². The fourth-order valence-corrected chi connectivity index (χ4v) is 3.25. The molecule has 0 atom stereocenters. The minimum atomic E-state index is -0.891. The average Bonchev–Trinajstić information content (AvgIpc) is 3.33. The first-order valence-electron chi connectivity index (χ1n) is 10.5. The normalized spacial score (nSPS) is 14.5. The predicted molar refractivity (Wildman–Crippen MR) is 122 cm³/mol. The zero-order valence-electron chi connectivity index (χ0n) is 17.2. The highest BCUT2D eigenvalue weighted by Gasteiger charge is 2.21. The van der Waals surface area contributed by atoms with E-state index in [1.807, 2.05) is 41.4 Å². The van der Waals surface area contributed by atoms with Gasteiger partial charge in [0, 0.05) is 52.9 Å². The summed E-state index contributed by atoms with van der Waals surface area (Å²) in [5, 5.41) is 13.8.